The van der Waals surface area contributed by atoms with E-state index in [1.807, 2.05) is 18.2 Å². The van der Waals surface area contributed by atoms with Crippen molar-refractivity contribution in [2.45, 2.75) is 19.9 Å². The fourth-order valence-electron chi connectivity index (χ4n) is 4.15. The van der Waals surface area contributed by atoms with Crippen LogP contribution in [0.15, 0.2) is 65.5 Å². The van der Waals surface area contributed by atoms with Gasteiger partial charge in [-0.05, 0) is 55.8 Å². The lowest BCUT2D eigenvalue weighted by molar-refractivity contribution is 0.0374. The van der Waals surface area contributed by atoms with Crippen molar-refractivity contribution in [1.29, 1.82) is 0 Å². The van der Waals surface area contributed by atoms with E-state index in [2.05, 4.69) is 20.6 Å². The molecule has 1 aliphatic rings. The minimum absolute atomic E-state index is 0.118. The predicted octanol–water partition coefficient (Wildman–Crippen LogP) is 2.98. The Morgan fingerprint density at radius 1 is 1.05 bits per heavy atom. The molecule has 0 aliphatic carbocycles. The average Bonchev–Trinajstić information content (AvgIpc) is 2.93. The summed E-state index contributed by atoms with van der Waals surface area (Å²) >= 11 is 0. The molecule has 10 nitrogen and oxygen atoms in total. The van der Waals surface area contributed by atoms with Crippen LogP contribution in [0.2, 0.25) is 0 Å². The van der Waals surface area contributed by atoms with Gasteiger partial charge in [-0.3, -0.25) is 19.8 Å². The molecule has 4 rings (SSSR count). The number of carbonyl (C=O) groups excluding carboxylic acids is 2. The number of nitrogens with one attached hydrogen (secondary N) is 2. The summed E-state index contributed by atoms with van der Waals surface area (Å²) in [7, 11) is 0. The van der Waals surface area contributed by atoms with E-state index in [0.29, 0.717) is 23.5 Å². The van der Waals surface area contributed by atoms with Crippen LogP contribution in [0.1, 0.15) is 29.3 Å². The number of carbonyl (C=O) groups is 2. The molecule has 0 unspecified atom stereocenters. The van der Waals surface area contributed by atoms with E-state index in [9.17, 15) is 14.4 Å². The molecule has 1 aliphatic heterocycles. The molecule has 1 fully saturated rings. The maximum atomic E-state index is 12.5. The van der Waals surface area contributed by atoms with Crippen molar-refractivity contribution in [1.82, 2.24) is 20.0 Å². The zero-order chi connectivity index (χ0) is 26.7. The molecule has 0 bridgehead atoms. The lowest BCUT2D eigenvalue weighted by Gasteiger charge is -2.26. The van der Waals surface area contributed by atoms with Gasteiger partial charge in [0.25, 0.3) is 11.5 Å². The van der Waals surface area contributed by atoms with Crippen molar-refractivity contribution >= 4 is 17.7 Å². The molecule has 0 spiro atoms. The van der Waals surface area contributed by atoms with Gasteiger partial charge in [-0.15, -0.1) is 0 Å². The Morgan fingerprint density at radius 3 is 2.61 bits per heavy atom. The summed E-state index contributed by atoms with van der Waals surface area (Å²) in [6, 6.07) is 17.5. The predicted molar refractivity (Wildman–Crippen MR) is 144 cm³/mol. The van der Waals surface area contributed by atoms with Gasteiger partial charge in [-0.2, -0.15) is 5.10 Å². The third kappa shape index (κ3) is 7.74. The molecule has 1 aromatic heterocycles. The number of benzene rings is 2. The topological polar surface area (TPSA) is 115 Å². The Morgan fingerprint density at radius 2 is 1.84 bits per heavy atom. The fourth-order valence-corrected chi connectivity index (χ4v) is 4.15. The molecule has 10 heteroatoms. The standard InChI is InChI=1S/C28H33N5O5/c1-2-38-28(36)30-24-6-3-5-21(19-24)20-33-26(34)12-11-25(31-33)22-7-9-23(10-8-22)27(35)29-13-4-14-32-15-17-37-18-16-32/h3,5-12,19H,2,4,13-18,20H2,1H3,(H,29,35)(H,30,36). The second-order valence-electron chi connectivity index (χ2n) is 8.90. The second kappa shape index (κ2) is 13.5. The molecule has 0 saturated carbocycles. The van der Waals surface area contributed by atoms with Gasteiger partial charge in [0.05, 0.1) is 32.1 Å². The number of hydrogen-bond acceptors (Lipinski definition) is 7. The van der Waals surface area contributed by atoms with Crippen LogP contribution >= 0.6 is 0 Å². The summed E-state index contributed by atoms with van der Waals surface area (Å²) in [5, 5.41) is 10.1. The van der Waals surface area contributed by atoms with Crippen LogP contribution in [-0.2, 0) is 16.0 Å². The van der Waals surface area contributed by atoms with Crippen LogP contribution in [-0.4, -0.2) is 72.7 Å². The van der Waals surface area contributed by atoms with Crippen molar-refractivity contribution in [3.63, 3.8) is 0 Å². The van der Waals surface area contributed by atoms with Crippen LogP contribution in [0.25, 0.3) is 11.3 Å². The van der Waals surface area contributed by atoms with Crippen LogP contribution in [0.4, 0.5) is 10.5 Å². The van der Waals surface area contributed by atoms with E-state index in [1.54, 1.807) is 43.3 Å². The van der Waals surface area contributed by atoms with Crippen LogP contribution in [0.3, 0.4) is 0 Å². The highest BCUT2D eigenvalue weighted by atomic mass is 16.5. The van der Waals surface area contributed by atoms with Crippen molar-refractivity contribution in [2.24, 2.45) is 0 Å². The first-order valence-corrected chi connectivity index (χ1v) is 12.8. The van der Waals surface area contributed by atoms with Crippen molar-refractivity contribution in [3.05, 3.63) is 82.1 Å². The first-order chi connectivity index (χ1) is 18.5. The van der Waals surface area contributed by atoms with Gasteiger partial charge in [0.2, 0.25) is 0 Å². The molecule has 2 heterocycles. The van der Waals surface area contributed by atoms with Crippen LogP contribution in [0.5, 0.6) is 0 Å². The number of ether oxygens (including phenoxy) is 2. The summed E-state index contributed by atoms with van der Waals surface area (Å²) in [4.78, 5) is 39.0. The summed E-state index contributed by atoms with van der Waals surface area (Å²) in [6.07, 6.45) is 0.351. The molecule has 38 heavy (non-hydrogen) atoms. The molecule has 0 atom stereocenters. The van der Waals surface area contributed by atoms with Crippen LogP contribution < -0.4 is 16.2 Å². The number of aromatic nitrogens is 2. The Kier molecular flexibility index (Phi) is 9.60. The summed E-state index contributed by atoms with van der Waals surface area (Å²) in [5.74, 6) is -0.118. The first-order valence-electron chi connectivity index (χ1n) is 12.8. The minimum atomic E-state index is -0.535. The SMILES string of the molecule is CCOC(=O)Nc1cccc(Cn2nc(-c3ccc(C(=O)NCCCN4CCOCC4)cc3)ccc2=O)c1. The molecular formula is C28H33N5O5. The Bertz CT molecular complexity index is 1290. The number of rotatable bonds is 10. The number of anilines is 1. The van der Waals surface area contributed by atoms with Gasteiger partial charge in [-0.1, -0.05) is 24.3 Å². The number of morpholine rings is 1. The van der Waals surface area contributed by atoms with Crippen molar-refractivity contribution in [2.75, 3.05) is 51.3 Å². The third-order valence-electron chi connectivity index (χ3n) is 6.13. The van der Waals surface area contributed by atoms with E-state index in [4.69, 9.17) is 9.47 Å². The molecule has 0 radical (unpaired) electrons. The Labute approximate surface area is 221 Å². The van der Waals surface area contributed by atoms with E-state index in [1.165, 1.54) is 10.7 Å². The maximum Gasteiger partial charge on any atom is 0.411 e. The van der Waals surface area contributed by atoms with E-state index in [0.717, 1.165) is 50.4 Å². The highest BCUT2D eigenvalue weighted by molar-refractivity contribution is 5.94. The molecular weight excluding hydrogens is 486 g/mol. The second-order valence-corrected chi connectivity index (χ2v) is 8.90. The first kappa shape index (κ1) is 27.0. The summed E-state index contributed by atoms with van der Waals surface area (Å²) < 4.78 is 11.6. The number of hydrogen-bond donors (Lipinski definition) is 2. The minimum Gasteiger partial charge on any atom is -0.450 e. The lowest BCUT2D eigenvalue weighted by Crippen LogP contribution is -2.38. The number of nitrogens with zero attached hydrogens (tertiary/aromatic N) is 3. The largest absolute Gasteiger partial charge is 0.450 e. The monoisotopic (exact) mass is 519 g/mol. The summed E-state index contributed by atoms with van der Waals surface area (Å²) in [5.41, 5.74) is 3.10. The summed E-state index contributed by atoms with van der Waals surface area (Å²) in [6.45, 7) is 7.22. The lowest BCUT2D eigenvalue weighted by atomic mass is 10.1. The van der Waals surface area contributed by atoms with E-state index >= 15 is 0 Å². The van der Waals surface area contributed by atoms with E-state index < -0.39 is 6.09 Å². The Hall–Kier alpha value is -4.02. The fraction of sp³-hybridized carbons (Fsp3) is 0.357. The highest BCUT2D eigenvalue weighted by Gasteiger charge is 2.11. The van der Waals surface area contributed by atoms with Gasteiger partial charge in [-0.25, -0.2) is 9.48 Å². The molecule has 2 aromatic carbocycles. The Balaban J connectivity index is 1.35. The third-order valence-corrected chi connectivity index (χ3v) is 6.13. The quantitative estimate of drug-likeness (QED) is 0.396. The molecule has 1 saturated heterocycles. The number of amides is 2. The van der Waals surface area contributed by atoms with Gasteiger partial charge < -0.3 is 14.8 Å². The van der Waals surface area contributed by atoms with E-state index in [-0.39, 0.29) is 24.6 Å². The van der Waals surface area contributed by atoms with Gasteiger partial charge >= 0.3 is 6.09 Å². The average molecular weight is 520 g/mol. The van der Waals surface area contributed by atoms with Gasteiger partial charge in [0.15, 0.2) is 0 Å². The molecule has 2 N–H and O–H groups in total. The van der Waals surface area contributed by atoms with Crippen LogP contribution in [0, 0.1) is 0 Å². The van der Waals surface area contributed by atoms with Gasteiger partial charge in [0.1, 0.15) is 0 Å². The van der Waals surface area contributed by atoms with Crippen molar-refractivity contribution < 1.29 is 19.1 Å². The highest BCUT2D eigenvalue weighted by Crippen LogP contribution is 2.17. The smallest absolute Gasteiger partial charge is 0.411 e. The molecule has 3 aromatic rings. The zero-order valence-electron chi connectivity index (χ0n) is 21.5. The van der Waals surface area contributed by atoms with Gasteiger partial charge in [0, 0.05) is 42.5 Å². The molecule has 200 valence electrons. The van der Waals surface area contributed by atoms with Crippen molar-refractivity contribution in [3.8, 4) is 11.3 Å². The maximum absolute atomic E-state index is 12.5. The molecule has 2 amide bonds. The zero-order valence-corrected chi connectivity index (χ0v) is 21.5. The normalized spacial score (nSPS) is 13.6.